The lowest BCUT2D eigenvalue weighted by molar-refractivity contribution is -0.150. The van der Waals surface area contributed by atoms with Crippen LogP contribution >= 0.6 is 0 Å². The van der Waals surface area contributed by atoms with Crippen molar-refractivity contribution in [2.45, 2.75) is 56.3 Å². The van der Waals surface area contributed by atoms with Crippen LogP contribution in [0.15, 0.2) is 0 Å². The molecule has 0 unspecified atom stereocenters. The van der Waals surface area contributed by atoms with Gasteiger partial charge in [0.2, 0.25) is 5.91 Å². The third-order valence-corrected chi connectivity index (χ3v) is 5.18. The maximum atomic E-state index is 11.7. The summed E-state index contributed by atoms with van der Waals surface area (Å²) in [6, 6.07) is 0.158. The SMILES string of the molecule is CN1C(=O)CO[C@H]2CN(CC3(O)CCCCCC3)C[C@@H]21. The summed E-state index contributed by atoms with van der Waals surface area (Å²) in [6.07, 6.45) is 6.69. The molecule has 0 aromatic rings. The molecule has 3 fully saturated rings. The van der Waals surface area contributed by atoms with Crippen LogP contribution in [0.3, 0.4) is 0 Å². The van der Waals surface area contributed by atoms with Crippen LogP contribution in [0.2, 0.25) is 0 Å². The van der Waals surface area contributed by atoms with Crippen molar-refractivity contribution in [1.29, 1.82) is 0 Å². The molecule has 0 radical (unpaired) electrons. The monoisotopic (exact) mass is 282 g/mol. The van der Waals surface area contributed by atoms with Crippen LogP contribution in [0.5, 0.6) is 0 Å². The van der Waals surface area contributed by atoms with Gasteiger partial charge >= 0.3 is 0 Å². The van der Waals surface area contributed by atoms with Crippen molar-refractivity contribution in [3.63, 3.8) is 0 Å². The Labute approximate surface area is 120 Å². The van der Waals surface area contributed by atoms with Gasteiger partial charge in [0.1, 0.15) is 6.61 Å². The van der Waals surface area contributed by atoms with E-state index in [1.54, 1.807) is 0 Å². The highest BCUT2D eigenvalue weighted by Crippen LogP contribution is 2.30. The van der Waals surface area contributed by atoms with Crippen molar-refractivity contribution in [2.75, 3.05) is 33.3 Å². The van der Waals surface area contributed by atoms with Gasteiger partial charge < -0.3 is 14.7 Å². The van der Waals surface area contributed by atoms with Crippen LogP contribution < -0.4 is 0 Å². The standard InChI is InChI=1S/C15H26N2O3/c1-16-12-8-17(9-13(12)20-10-14(16)18)11-15(19)6-4-2-3-5-7-15/h12-13,19H,2-11H2,1H3/t12-,13-/m0/s1. The number of likely N-dealkylation sites (tertiary alicyclic amines) is 1. The van der Waals surface area contributed by atoms with Gasteiger partial charge in [-0.05, 0) is 12.8 Å². The molecule has 1 saturated carbocycles. The smallest absolute Gasteiger partial charge is 0.248 e. The molecule has 2 saturated heterocycles. The summed E-state index contributed by atoms with van der Waals surface area (Å²) in [6.45, 7) is 2.60. The zero-order chi connectivity index (χ0) is 14.2. The zero-order valence-electron chi connectivity index (χ0n) is 12.4. The van der Waals surface area contributed by atoms with Gasteiger partial charge in [0.25, 0.3) is 0 Å². The fourth-order valence-electron chi connectivity index (χ4n) is 3.92. The zero-order valence-corrected chi connectivity index (χ0v) is 12.4. The summed E-state index contributed by atoms with van der Waals surface area (Å²) in [5.74, 6) is 0.0706. The Hall–Kier alpha value is -0.650. The van der Waals surface area contributed by atoms with E-state index >= 15 is 0 Å². The summed E-state index contributed by atoms with van der Waals surface area (Å²) in [7, 11) is 1.87. The Morgan fingerprint density at radius 1 is 1.25 bits per heavy atom. The first-order chi connectivity index (χ1) is 9.57. The van der Waals surface area contributed by atoms with Crippen LogP contribution in [0.25, 0.3) is 0 Å². The molecular weight excluding hydrogens is 256 g/mol. The van der Waals surface area contributed by atoms with E-state index in [9.17, 15) is 9.90 Å². The number of morpholine rings is 1. The van der Waals surface area contributed by atoms with Crippen molar-refractivity contribution in [3.05, 3.63) is 0 Å². The molecule has 20 heavy (non-hydrogen) atoms. The molecule has 0 bridgehead atoms. The van der Waals surface area contributed by atoms with E-state index in [1.807, 2.05) is 11.9 Å². The van der Waals surface area contributed by atoms with Crippen LogP contribution in [-0.2, 0) is 9.53 Å². The Morgan fingerprint density at radius 3 is 2.65 bits per heavy atom. The first-order valence-corrected chi connectivity index (χ1v) is 7.89. The minimum atomic E-state index is -0.535. The van der Waals surface area contributed by atoms with Gasteiger partial charge in [-0.3, -0.25) is 9.69 Å². The van der Waals surface area contributed by atoms with E-state index in [2.05, 4.69) is 4.90 Å². The molecule has 3 rings (SSSR count). The molecule has 0 aromatic heterocycles. The van der Waals surface area contributed by atoms with Crippen molar-refractivity contribution in [2.24, 2.45) is 0 Å². The predicted molar refractivity (Wildman–Crippen MR) is 75.4 cm³/mol. The number of carbonyl (C=O) groups excluding carboxylic acids is 1. The fraction of sp³-hybridized carbons (Fsp3) is 0.933. The van der Waals surface area contributed by atoms with Gasteiger partial charge in [-0.15, -0.1) is 0 Å². The highest BCUT2D eigenvalue weighted by Gasteiger charge is 2.43. The van der Waals surface area contributed by atoms with Gasteiger partial charge in [-0.25, -0.2) is 0 Å². The largest absolute Gasteiger partial charge is 0.389 e. The average molecular weight is 282 g/mol. The van der Waals surface area contributed by atoms with Crippen LogP contribution in [0, 0.1) is 0 Å². The third kappa shape index (κ3) is 2.85. The lowest BCUT2D eigenvalue weighted by Gasteiger charge is -2.33. The van der Waals surface area contributed by atoms with Gasteiger partial charge in [0.15, 0.2) is 0 Å². The van der Waals surface area contributed by atoms with Crippen LogP contribution in [-0.4, -0.2) is 71.8 Å². The van der Waals surface area contributed by atoms with Crippen LogP contribution in [0.4, 0.5) is 0 Å². The van der Waals surface area contributed by atoms with Gasteiger partial charge in [-0.2, -0.15) is 0 Å². The van der Waals surface area contributed by atoms with Crippen molar-refractivity contribution in [3.8, 4) is 0 Å². The summed E-state index contributed by atoms with van der Waals surface area (Å²) < 4.78 is 5.65. The Bertz CT molecular complexity index is 366. The molecule has 2 aliphatic heterocycles. The molecule has 0 aromatic carbocycles. The Morgan fingerprint density at radius 2 is 1.95 bits per heavy atom. The minimum absolute atomic E-state index is 0.0706. The molecule has 1 amide bonds. The number of aliphatic hydroxyl groups is 1. The number of β-amino-alcohol motifs (C(OH)–C–C–N with tert-alkyl or cyclic N) is 1. The summed E-state index contributed by atoms with van der Waals surface area (Å²) >= 11 is 0. The Kier molecular flexibility index (Phi) is 4.02. The number of rotatable bonds is 2. The van der Waals surface area contributed by atoms with E-state index < -0.39 is 5.60 Å². The maximum Gasteiger partial charge on any atom is 0.248 e. The molecule has 2 atom stereocenters. The molecule has 1 aliphatic carbocycles. The third-order valence-electron chi connectivity index (χ3n) is 5.18. The van der Waals surface area contributed by atoms with Crippen molar-refractivity contribution in [1.82, 2.24) is 9.80 Å². The first-order valence-electron chi connectivity index (χ1n) is 7.89. The minimum Gasteiger partial charge on any atom is -0.389 e. The van der Waals surface area contributed by atoms with E-state index in [0.29, 0.717) is 0 Å². The highest BCUT2D eigenvalue weighted by atomic mass is 16.5. The number of likely N-dealkylation sites (N-methyl/N-ethyl adjacent to an activating group) is 1. The molecule has 1 N–H and O–H groups in total. The highest BCUT2D eigenvalue weighted by molar-refractivity contribution is 5.78. The van der Waals surface area contributed by atoms with Crippen molar-refractivity contribution >= 4 is 5.91 Å². The number of fused-ring (bicyclic) bond motifs is 1. The summed E-state index contributed by atoms with van der Waals surface area (Å²) in [5.41, 5.74) is -0.535. The summed E-state index contributed by atoms with van der Waals surface area (Å²) in [5, 5.41) is 10.8. The molecule has 5 nitrogen and oxygen atoms in total. The molecule has 3 aliphatic rings. The summed E-state index contributed by atoms with van der Waals surface area (Å²) in [4.78, 5) is 15.8. The van der Waals surface area contributed by atoms with E-state index in [0.717, 1.165) is 45.3 Å². The maximum absolute atomic E-state index is 11.7. The second kappa shape index (κ2) is 5.62. The van der Waals surface area contributed by atoms with E-state index in [1.165, 1.54) is 12.8 Å². The number of nitrogens with zero attached hydrogens (tertiary/aromatic N) is 2. The Balaban J connectivity index is 1.60. The number of amides is 1. The lowest BCUT2D eigenvalue weighted by atomic mass is 9.94. The lowest BCUT2D eigenvalue weighted by Crippen LogP contribution is -2.51. The van der Waals surface area contributed by atoms with Crippen LogP contribution in [0.1, 0.15) is 38.5 Å². The fourth-order valence-corrected chi connectivity index (χ4v) is 3.92. The van der Waals surface area contributed by atoms with Gasteiger partial charge in [0, 0.05) is 26.7 Å². The van der Waals surface area contributed by atoms with Crippen molar-refractivity contribution < 1.29 is 14.6 Å². The predicted octanol–water partition coefficient (Wildman–Crippen LogP) is 0.613. The quantitative estimate of drug-likeness (QED) is 0.754. The van der Waals surface area contributed by atoms with Gasteiger partial charge in [-0.1, -0.05) is 25.7 Å². The topological polar surface area (TPSA) is 53.0 Å². The van der Waals surface area contributed by atoms with Gasteiger partial charge in [0.05, 0.1) is 17.7 Å². The molecule has 5 heteroatoms. The molecule has 114 valence electrons. The van der Waals surface area contributed by atoms with E-state index in [4.69, 9.17) is 4.74 Å². The number of carbonyl (C=O) groups is 1. The first kappa shape index (κ1) is 14.3. The second-order valence-corrected chi connectivity index (χ2v) is 6.75. The average Bonchev–Trinajstić information content (AvgIpc) is 2.69. The number of ether oxygens (including phenoxy) is 1. The number of hydrogen-bond donors (Lipinski definition) is 1. The van der Waals surface area contributed by atoms with E-state index in [-0.39, 0.29) is 24.7 Å². The molecule has 0 spiro atoms. The normalized spacial score (nSPS) is 34.9. The second-order valence-electron chi connectivity index (χ2n) is 6.75. The molecular formula is C15H26N2O3. The molecule has 2 heterocycles. The number of hydrogen-bond acceptors (Lipinski definition) is 4.